The van der Waals surface area contributed by atoms with Crippen LogP contribution in [0.1, 0.15) is 38.0 Å². The maximum absolute atomic E-state index is 13.0. The van der Waals surface area contributed by atoms with E-state index in [-0.39, 0.29) is 6.03 Å². The number of hydrogen-bond acceptors (Lipinski definition) is 2. The van der Waals surface area contributed by atoms with E-state index in [4.69, 9.17) is 4.42 Å². The summed E-state index contributed by atoms with van der Waals surface area (Å²) in [5, 5.41) is 3.04. The molecule has 2 atom stereocenters. The third-order valence-electron chi connectivity index (χ3n) is 6.47. The predicted octanol–water partition coefficient (Wildman–Crippen LogP) is 5.61. The first-order valence-electron chi connectivity index (χ1n) is 9.77. The molecule has 5 rings (SSSR count). The van der Waals surface area contributed by atoms with Crippen molar-refractivity contribution in [3.05, 3.63) is 65.6 Å². The number of benzene rings is 1. The summed E-state index contributed by atoms with van der Waals surface area (Å²) in [6.45, 7) is 7.89. The van der Waals surface area contributed by atoms with Crippen LogP contribution in [-0.4, -0.2) is 17.5 Å². The van der Waals surface area contributed by atoms with Gasteiger partial charge in [0, 0.05) is 12.2 Å². The molecule has 1 saturated carbocycles. The molecule has 142 valence electrons. The molecule has 1 heterocycles. The molecule has 3 aliphatic rings. The summed E-state index contributed by atoms with van der Waals surface area (Å²) in [4.78, 5) is 14.9. The van der Waals surface area contributed by atoms with Crippen LogP contribution in [0.2, 0.25) is 0 Å². The Kier molecular flexibility index (Phi) is 4.58. The Morgan fingerprint density at radius 3 is 2.63 bits per heavy atom. The van der Waals surface area contributed by atoms with E-state index in [0.29, 0.717) is 24.4 Å². The van der Waals surface area contributed by atoms with Gasteiger partial charge in [0.1, 0.15) is 5.76 Å². The summed E-state index contributed by atoms with van der Waals surface area (Å²) in [7, 11) is 0. The Balaban J connectivity index is 1.51. The molecule has 0 spiro atoms. The maximum Gasteiger partial charge on any atom is 0.322 e. The van der Waals surface area contributed by atoms with Crippen molar-refractivity contribution in [2.45, 2.75) is 40.2 Å². The number of urea groups is 1. The molecule has 0 saturated heterocycles. The van der Waals surface area contributed by atoms with Gasteiger partial charge in [-0.3, -0.25) is 0 Å². The second-order valence-electron chi connectivity index (χ2n) is 8.55. The second kappa shape index (κ2) is 6.91. The Hall–Kier alpha value is -2.49. The SMILES string of the molecule is Cc1ccc(NC(=O)N(CC2=CCC3CC2C3(C)C)Cc2ccco2)cc1. The van der Waals surface area contributed by atoms with E-state index >= 15 is 0 Å². The molecule has 1 aromatic carbocycles. The van der Waals surface area contributed by atoms with E-state index in [1.807, 2.05) is 48.2 Å². The number of aryl methyl sites for hydroxylation is 1. The van der Waals surface area contributed by atoms with Gasteiger partial charge in [0.25, 0.3) is 0 Å². The lowest BCUT2D eigenvalue weighted by Gasteiger charge is -2.57. The normalized spacial score (nSPS) is 22.6. The lowest BCUT2D eigenvalue weighted by molar-refractivity contribution is -0.00975. The molecule has 2 bridgehead atoms. The van der Waals surface area contributed by atoms with Crippen LogP contribution in [0.25, 0.3) is 0 Å². The van der Waals surface area contributed by atoms with Crippen molar-refractivity contribution in [1.29, 1.82) is 0 Å². The van der Waals surface area contributed by atoms with Crippen LogP contribution >= 0.6 is 0 Å². The van der Waals surface area contributed by atoms with Gasteiger partial charge in [-0.25, -0.2) is 4.79 Å². The van der Waals surface area contributed by atoms with Gasteiger partial charge >= 0.3 is 6.03 Å². The van der Waals surface area contributed by atoms with Crippen molar-refractivity contribution >= 4 is 11.7 Å². The zero-order valence-electron chi connectivity index (χ0n) is 16.4. The van der Waals surface area contributed by atoms with E-state index in [2.05, 4.69) is 25.2 Å². The molecule has 4 nitrogen and oxygen atoms in total. The van der Waals surface area contributed by atoms with Crippen molar-refractivity contribution in [2.75, 3.05) is 11.9 Å². The number of hydrogen-bond donors (Lipinski definition) is 1. The fourth-order valence-electron chi connectivity index (χ4n) is 4.51. The van der Waals surface area contributed by atoms with Crippen molar-refractivity contribution in [3.63, 3.8) is 0 Å². The van der Waals surface area contributed by atoms with Crippen LogP contribution < -0.4 is 5.32 Å². The summed E-state index contributed by atoms with van der Waals surface area (Å²) in [6, 6.07) is 11.6. The number of furan rings is 1. The van der Waals surface area contributed by atoms with Crippen LogP contribution in [0.3, 0.4) is 0 Å². The van der Waals surface area contributed by atoms with E-state index in [9.17, 15) is 4.79 Å². The average Bonchev–Trinajstić information content (AvgIpc) is 3.16. The third-order valence-corrected chi connectivity index (χ3v) is 6.47. The smallest absolute Gasteiger partial charge is 0.322 e. The second-order valence-corrected chi connectivity index (χ2v) is 8.55. The summed E-state index contributed by atoms with van der Waals surface area (Å²) >= 11 is 0. The predicted molar refractivity (Wildman–Crippen MR) is 107 cm³/mol. The molecule has 1 fully saturated rings. The summed E-state index contributed by atoms with van der Waals surface area (Å²) in [5.74, 6) is 2.19. The third kappa shape index (κ3) is 3.53. The zero-order chi connectivity index (χ0) is 19.0. The largest absolute Gasteiger partial charge is 0.467 e. The van der Waals surface area contributed by atoms with Crippen LogP contribution in [-0.2, 0) is 6.54 Å². The molecule has 2 amide bonds. The molecule has 0 aliphatic heterocycles. The molecular formula is C23H28N2O2. The number of amides is 2. The fraction of sp³-hybridized carbons (Fsp3) is 0.435. The number of carbonyl (C=O) groups is 1. The first-order valence-corrected chi connectivity index (χ1v) is 9.77. The minimum atomic E-state index is -0.0876. The van der Waals surface area contributed by atoms with Gasteiger partial charge in [-0.2, -0.15) is 0 Å². The van der Waals surface area contributed by atoms with Gasteiger partial charge < -0.3 is 14.6 Å². The lowest BCUT2D eigenvalue weighted by Crippen LogP contribution is -2.50. The first kappa shape index (κ1) is 17.9. The average molecular weight is 364 g/mol. The number of carbonyl (C=O) groups excluding carboxylic acids is 1. The molecular weight excluding hydrogens is 336 g/mol. The van der Waals surface area contributed by atoms with Crippen LogP contribution in [0.4, 0.5) is 10.5 Å². The Morgan fingerprint density at radius 1 is 1.22 bits per heavy atom. The number of rotatable bonds is 5. The molecule has 27 heavy (non-hydrogen) atoms. The Bertz CT molecular complexity index is 834. The highest BCUT2D eigenvalue weighted by atomic mass is 16.3. The quantitative estimate of drug-likeness (QED) is 0.700. The van der Waals surface area contributed by atoms with Gasteiger partial charge in [-0.05, 0) is 61.3 Å². The highest BCUT2D eigenvalue weighted by molar-refractivity contribution is 5.89. The molecule has 2 aromatic rings. The molecule has 0 radical (unpaired) electrons. The molecule has 1 aromatic heterocycles. The van der Waals surface area contributed by atoms with E-state index < -0.39 is 0 Å². The van der Waals surface area contributed by atoms with Crippen LogP contribution in [0.15, 0.2) is 58.7 Å². The van der Waals surface area contributed by atoms with Crippen molar-refractivity contribution in [3.8, 4) is 0 Å². The molecule has 4 heteroatoms. The summed E-state index contributed by atoms with van der Waals surface area (Å²) in [6.07, 6.45) is 6.41. The van der Waals surface area contributed by atoms with Crippen molar-refractivity contribution in [2.24, 2.45) is 17.3 Å². The van der Waals surface area contributed by atoms with E-state index in [1.54, 1.807) is 6.26 Å². The number of nitrogens with zero attached hydrogens (tertiary/aromatic N) is 1. The lowest BCUT2D eigenvalue weighted by atomic mass is 9.49. The topological polar surface area (TPSA) is 45.5 Å². The molecule has 1 N–H and O–H groups in total. The Morgan fingerprint density at radius 2 is 2.00 bits per heavy atom. The highest BCUT2D eigenvalue weighted by Gasteiger charge is 2.51. The number of anilines is 1. The zero-order valence-corrected chi connectivity index (χ0v) is 16.4. The van der Waals surface area contributed by atoms with Crippen molar-refractivity contribution < 1.29 is 9.21 Å². The van der Waals surface area contributed by atoms with Gasteiger partial charge in [0.2, 0.25) is 0 Å². The maximum atomic E-state index is 13.0. The molecule has 2 unspecified atom stereocenters. The highest BCUT2D eigenvalue weighted by Crippen LogP contribution is 2.59. The standard InChI is InChI=1S/C23H28N2O2/c1-16-6-10-19(11-7-16)24-22(26)25(15-20-5-4-12-27-20)14-17-8-9-18-13-21(17)23(18,2)3/h4-8,10-12,18,21H,9,13-15H2,1-3H3,(H,24,26). The van der Waals surface area contributed by atoms with Gasteiger partial charge in [-0.1, -0.05) is 43.2 Å². The van der Waals surface area contributed by atoms with Crippen LogP contribution in [0, 0.1) is 24.2 Å². The minimum absolute atomic E-state index is 0.0876. The van der Waals surface area contributed by atoms with E-state index in [0.717, 1.165) is 23.8 Å². The van der Waals surface area contributed by atoms with E-state index in [1.165, 1.54) is 17.6 Å². The summed E-state index contributed by atoms with van der Waals surface area (Å²) < 4.78 is 5.51. The summed E-state index contributed by atoms with van der Waals surface area (Å²) in [5.41, 5.74) is 3.74. The molecule has 3 aliphatic carbocycles. The monoisotopic (exact) mass is 364 g/mol. The Labute approximate surface area is 161 Å². The van der Waals surface area contributed by atoms with Gasteiger partial charge in [-0.15, -0.1) is 0 Å². The number of allylic oxidation sites excluding steroid dienone is 1. The fourth-order valence-corrected chi connectivity index (χ4v) is 4.51. The van der Waals surface area contributed by atoms with Gasteiger partial charge in [0.05, 0.1) is 12.8 Å². The number of fused-ring (bicyclic) bond motifs is 1. The van der Waals surface area contributed by atoms with Crippen LogP contribution in [0.5, 0.6) is 0 Å². The first-order chi connectivity index (χ1) is 12.9. The number of nitrogens with one attached hydrogen (secondary N) is 1. The van der Waals surface area contributed by atoms with Crippen molar-refractivity contribution in [1.82, 2.24) is 4.90 Å². The van der Waals surface area contributed by atoms with Gasteiger partial charge in [0.15, 0.2) is 0 Å². The minimum Gasteiger partial charge on any atom is -0.467 e.